The molecule has 0 radical (unpaired) electrons. The van der Waals surface area contributed by atoms with Crippen LogP contribution in [0.15, 0.2) is 24.3 Å². The van der Waals surface area contributed by atoms with Gasteiger partial charge in [0.1, 0.15) is 0 Å². The molecule has 0 spiro atoms. The maximum Gasteiger partial charge on any atom is 0.230 e. The Morgan fingerprint density at radius 3 is 2.50 bits per heavy atom. The molecule has 120 valence electrons. The zero-order valence-corrected chi connectivity index (χ0v) is 13.3. The van der Waals surface area contributed by atoms with Crippen LogP contribution >= 0.6 is 0 Å². The number of rotatable bonds is 4. The summed E-state index contributed by atoms with van der Waals surface area (Å²) in [7, 11) is -3.42. The fourth-order valence-electron chi connectivity index (χ4n) is 3.15. The van der Waals surface area contributed by atoms with Gasteiger partial charge in [0, 0.05) is 32.7 Å². The molecular weight excluding hydrogens is 302 g/mol. The molecule has 1 atom stereocenters. The van der Waals surface area contributed by atoms with Crippen molar-refractivity contribution >= 4 is 15.9 Å². The Labute approximate surface area is 130 Å². The Hall–Kier alpha value is -1.44. The van der Waals surface area contributed by atoms with Crippen LogP contribution in [0.3, 0.4) is 0 Å². The number of piperazine rings is 1. The summed E-state index contributed by atoms with van der Waals surface area (Å²) in [6.07, 6.45) is 0.834. The van der Waals surface area contributed by atoms with Gasteiger partial charge in [-0.1, -0.05) is 24.3 Å². The number of amides is 1. The molecule has 1 unspecified atom stereocenters. The molecule has 2 aliphatic rings. The molecule has 7 heteroatoms. The van der Waals surface area contributed by atoms with Gasteiger partial charge in [-0.25, -0.2) is 13.6 Å². The number of benzene rings is 1. The van der Waals surface area contributed by atoms with Crippen LogP contribution in [0, 0.1) is 0 Å². The summed E-state index contributed by atoms with van der Waals surface area (Å²) in [6, 6.07) is 8.08. The second-order valence-corrected chi connectivity index (χ2v) is 7.72. The molecule has 0 aromatic heterocycles. The molecule has 22 heavy (non-hydrogen) atoms. The minimum Gasteiger partial charge on any atom is -0.340 e. The van der Waals surface area contributed by atoms with Crippen molar-refractivity contribution in [3.63, 3.8) is 0 Å². The summed E-state index contributed by atoms with van der Waals surface area (Å²) in [5.74, 6) is 0.175. The van der Waals surface area contributed by atoms with Crippen molar-refractivity contribution in [2.24, 2.45) is 5.14 Å². The number of hydrogen-bond donors (Lipinski definition) is 1. The topological polar surface area (TPSA) is 83.7 Å². The van der Waals surface area contributed by atoms with Gasteiger partial charge in [0.05, 0.1) is 11.7 Å². The van der Waals surface area contributed by atoms with E-state index in [9.17, 15) is 13.2 Å². The molecule has 2 N–H and O–H groups in total. The van der Waals surface area contributed by atoms with E-state index >= 15 is 0 Å². The summed E-state index contributed by atoms with van der Waals surface area (Å²) in [5, 5.41) is 5.02. The average molecular weight is 323 g/mol. The zero-order valence-electron chi connectivity index (χ0n) is 12.4. The number of nitrogens with zero attached hydrogens (tertiary/aromatic N) is 2. The van der Waals surface area contributed by atoms with E-state index in [0.717, 1.165) is 12.0 Å². The fraction of sp³-hybridized carbons (Fsp3) is 0.533. The highest BCUT2D eigenvalue weighted by atomic mass is 32.2. The summed E-state index contributed by atoms with van der Waals surface area (Å²) >= 11 is 0. The van der Waals surface area contributed by atoms with Crippen molar-refractivity contribution in [1.82, 2.24) is 9.80 Å². The minimum atomic E-state index is -3.42. The SMILES string of the molecule is NS(=O)(=O)CCN1CCN(C(=O)C2Cc3ccccc32)CC1. The Kier molecular flexibility index (Phi) is 4.20. The first-order valence-electron chi connectivity index (χ1n) is 7.53. The van der Waals surface area contributed by atoms with Crippen molar-refractivity contribution in [2.75, 3.05) is 38.5 Å². The molecule has 0 saturated carbocycles. The smallest absolute Gasteiger partial charge is 0.230 e. The van der Waals surface area contributed by atoms with Crippen LogP contribution < -0.4 is 5.14 Å². The van der Waals surface area contributed by atoms with Gasteiger partial charge in [-0.2, -0.15) is 0 Å². The number of fused-ring (bicyclic) bond motifs is 1. The molecule has 1 aromatic carbocycles. The maximum atomic E-state index is 12.6. The molecule has 1 heterocycles. The van der Waals surface area contributed by atoms with Crippen LogP contribution in [0.2, 0.25) is 0 Å². The van der Waals surface area contributed by atoms with Gasteiger partial charge in [0.2, 0.25) is 15.9 Å². The largest absolute Gasteiger partial charge is 0.340 e. The van der Waals surface area contributed by atoms with E-state index in [1.807, 2.05) is 28.0 Å². The molecule has 3 rings (SSSR count). The van der Waals surface area contributed by atoms with E-state index in [1.165, 1.54) is 5.56 Å². The molecular formula is C15H21N3O3S. The van der Waals surface area contributed by atoms with Crippen LogP contribution in [0.1, 0.15) is 17.0 Å². The number of sulfonamides is 1. The standard InChI is InChI=1S/C15H21N3O3S/c16-22(20,21)10-9-17-5-7-18(8-6-17)15(19)14-11-12-3-1-2-4-13(12)14/h1-4,14H,5-11H2,(H2,16,20,21). The van der Waals surface area contributed by atoms with E-state index in [0.29, 0.717) is 32.7 Å². The number of nitrogens with two attached hydrogens (primary N) is 1. The molecule has 1 fully saturated rings. The molecule has 0 bridgehead atoms. The quantitative estimate of drug-likeness (QED) is 0.829. The number of primary sulfonamides is 1. The number of carbonyl (C=O) groups is 1. The zero-order chi connectivity index (χ0) is 15.7. The Balaban J connectivity index is 1.51. The minimum absolute atomic E-state index is 0.00664. The molecule has 1 aliphatic carbocycles. The molecule has 1 aliphatic heterocycles. The van der Waals surface area contributed by atoms with Crippen molar-refractivity contribution in [3.05, 3.63) is 35.4 Å². The third-order valence-electron chi connectivity index (χ3n) is 4.53. The van der Waals surface area contributed by atoms with Crippen LogP contribution in [0.5, 0.6) is 0 Å². The second kappa shape index (κ2) is 5.98. The predicted molar refractivity (Wildman–Crippen MR) is 83.9 cm³/mol. The lowest BCUT2D eigenvalue weighted by Gasteiger charge is -2.39. The van der Waals surface area contributed by atoms with Crippen molar-refractivity contribution in [2.45, 2.75) is 12.3 Å². The first kappa shape index (κ1) is 15.5. The third kappa shape index (κ3) is 3.31. The summed E-state index contributed by atoms with van der Waals surface area (Å²) in [5.41, 5.74) is 2.43. The number of hydrogen-bond acceptors (Lipinski definition) is 4. The monoisotopic (exact) mass is 323 g/mol. The lowest BCUT2D eigenvalue weighted by atomic mass is 9.77. The van der Waals surface area contributed by atoms with E-state index < -0.39 is 10.0 Å². The van der Waals surface area contributed by atoms with Gasteiger partial charge >= 0.3 is 0 Å². The van der Waals surface area contributed by atoms with Gasteiger partial charge in [0.25, 0.3) is 0 Å². The average Bonchev–Trinajstić information content (AvgIpc) is 2.46. The van der Waals surface area contributed by atoms with Crippen molar-refractivity contribution in [3.8, 4) is 0 Å². The first-order chi connectivity index (χ1) is 10.4. The van der Waals surface area contributed by atoms with Crippen LogP contribution in [-0.2, 0) is 21.2 Å². The van der Waals surface area contributed by atoms with Gasteiger partial charge in [0.15, 0.2) is 0 Å². The van der Waals surface area contributed by atoms with Gasteiger partial charge < -0.3 is 4.90 Å². The lowest BCUT2D eigenvalue weighted by Crippen LogP contribution is -2.51. The van der Waals surface area contributed by atoms with E-state index in [2.05, 4.69) is 6.07 Å². The molecule has 1 aromatic rings. The maximum absolute atomic E-state index is 12.6. The van der Waals surface area contributed by atoms with E-state index in [-0.39, 0.29) is 17.6 Å². The highest BCUT2D eigenvalue weighted by Crippen LogP contribution is 2.36. The van der Waals surface area contributed by atoms with Crippen LogP contribution in [0.25, 0.3) is 0 Å². The normalized spacial score (nSPS) is 22.0. The summed E-state index contributed by atoms with van der Waals surface area (Å²) in [6.45, 7) is 3.16. The molecule has 1 amide bonds. The van der Waals surface area contributed by atoms with E-state index in [4.69, 9.17) is 5.14 Å². The molecule has 6 nitrogen and oxygen atoms in total. The summed E-state index contributed by atoms with van der Waals surface area (Å²) < 4.78 is 22.0. The Morgan fingerprint density at radius 2 is 1.86 bits per heavy atom. The third-order valence-corrected chi connectivity index (χ3v) is 5.28. The van der Waals surface area contributed by atoms with E-state index in [1.54, 1.807) is 0 Å². The van der Waals surface area contributed by atoms with Gasteiger partial charge in [-0.15, -0.1) is 0 Å². The number of carbonyl (C=O) groups excluding carboxylic acids is 1. The highest BCUT2D eigenvalue weighted by molar-refractivity contribution is 7.89. The lowest BCUT2D eigenvalue weighted by molar-refractivity contribution is -0.135. The van der Waals surface area contributed by atoms with Crippen LogP contribution in [0.4, 0.5) is 0 Å². The summed E-state index contributed by atoms with van der Waals surface area (Å²) in [4.78, 5) is 16.5. The molecule has 1 saturated heterocycles. The fourth-order valence-corrected chi connectivity index (χ4v) is 3.66. The van der Waals surface area contributed by atoms with Crippen molar-refractivity contribution < 1.29 is 13.2 Å². The van der Waals surface area contributed by atoms with Gasteiger partial charge in [-0.3, -0.25) is 9.69 Å². The highest BCUT2D eigenvalue weighted by Gasteiger charge is 2.35. The van der Waals surface area contributed by atoms with Crippen LogP contribution in [-0.4, -0.2) is 62.6 Å². The first-order valence-corrected chi connectivity index (χ1v) is 9.25. The second-order valence-electron chi connectivity index (χ2n) is 5.99. The predicted octanol–water partition coefficient (Wildman–Crippen LogP) is -0.241. The van der Waals surface area contributed by atoms with Crippen molar-refractivity contribution in [1.29, 1.82) is 0 Å². The Bertz CT molecular complexity index is 666. The van der Waals surface area contributed by atoms with Gasteiger partial charge in [-0.05, 0) is 17.5 Å². The Morgan fingerprint density at radius 1 is 1.18 bits per heavy atom.